The second-order valence-electron chi connectivity index (χ2n) is 6.36. The molecule has 1 aliphatic carbocycles. The molecule has 0 aliphatic heterocycles. The number of rotatable bonds is 5. The number of nitrogens with zero attached hydrogens (tertiary/aromatic N) is 2. The minimum absolute atomic E-state index is 0.0352. The van der Waals surface area contributed by atoms with E-state index in [4.69, 9.17) is 0 Å². The van der Waals surface area contributed by atoms with E-state index in [2.05, 4.69) is 5.32 Å². The van der Waals surface area contributed by atoms with Crippen molar-refractivity contribution in [3.63, 3.8) is 0 Å². The fourth-order valence-corrected chi connectivity index (χ4v) is 4.21. The van der Waals surface area contributed by atoms with Crippen LogP contribution in [0.5, 0.6) is 0 Å². The lowest BCUT2D eigenvalue weighted by Crippen LogP contribution is -2.44. The molecule has 1 fully saturated rings. The number of fused-ring (bicyclic) bond motifs is 1. The first-order valence-electron chi connectivity index (χ1n) is 8.62. The van der Waals surface area contributed by atoms with Crippen LogP contribution in [0.15, 0.2) is 21.0 Å². The molecule has 0 aromatic carbocycles. The van der Waals surface area contributed by atoms with Gasteiger partial charge in [0.2, 0.25) is 5.91 Å². The van der Waals surface area contributed by atoms with Crippen molar-refractivity contribution in [2.75, 3.05) is 0 Å². The fraction of sp³-hybridized carbons (Fsp3) is 0.588. The summed E-state index contributed by atoms with van der Waals surface area (Å²) in [6.07, 6.45) is 6.21. The molecule has 1 aliphatic rings. The van der Waals surface area contributed by atoms with Gasteiger partial charge in [-0.15, -0.1) is 11.3 Å². The van der Waals surface area contributed by atoms with E-state index in [0.29, 0.717) is 23.2 Å². The van der Waals surface area contributed by atoms with Crippen molar-refractivity contribution in [2.45, 2.75) is 64.6 Å². The van der Waals surface area contributed by atoms with E-state index in [1.807, 2.05) is 6.92 Å². The summed E-state index contributed by atoms with van der Waals surface area (Å²) < 4.78 is 3.21. The fourth-order valence-electron chi connectivity index (χ4n) is 3.37. The van der Waals surface area contributed by atoms with Gasteiger partial charge in [0.05, 0.1) is 5.52 Å². The molecule has 1 saturated carbocycles. The lowest BCUT2D eigenvalue weighted by molar-refractivity contribution is -0.122. The summed E-state index contributed by atoms with van der Waals surface area (Å²) in [6, 6.07) is 1.95. The Hall–Kier alpha value is -1.89. The maximum atomic E-state index is 12.7. The minimum atomic E-state index is -0.397. The zero-order valence-electron chi connectivity index (χ0n) is 13.9. The Labute approximate surface area is 144 Å². The van der Waals surface area contributed by atoms with Crippen LogP contribution >= 0.6 is 11.3 Å². The van der Waals surface area contributed by atoms with Crippen molar-refractivity contribution < 1.29 is 4.79 Å². The summed E-state index contributed by atoms with van der Waals surface area (Å²) in [7, 11) is 0. The average molecular weight is 349 g/mol. The Kier molecular flexibility index (Phi) is 5.18. The predicted molar refractivity (Wildman–Crippen MR) is 95.7 cm³/mol. The lowest BCUT2D eigenvalue weighted by atomic mass is 9.95. The summed E-state index contributed by atoms with van der Waals surface area (Å²) in [5.74, 6) is -0.154. The van der Waals surface area contributed by atoms with Crippen molar-refractivity contribution in [2.24, 2.45) is 0 Å². The van der Waals surface area contributed by atoms with Crippen LogP contribution in [-0.4, -0.2) is 21.1 Å². The highest BCUT2D eigenvalue weighted by Crippen LogP contribution is 2.18. The van der Waals surface area contributed by atoms with Gasteiger partial charge in [-0.2, -0.15) is 0 Å². The topological polar surface area (TPSA) is 73.1 Å². The molecular weight excluding hydrogens is 326 g/mol. The van der Waals surface area contributed by atoms with Crippen LogP contribution in [0.1, 0.15) is 45.4 Å². The molecule has 0 spiro atoms. The van der Waals surface area contributed by atoms with Gasteiger partial charge in [0, 0.05) is 12.6 Å². The van der Waals surface area contributed by atoms with Crippen LogP contribution in [-0.2, 0) is 17.9 Å². The average Bonchev–Trinajstić information content (AvgIpc) is 3.06. The van der Waals surface area contributed by atoms with Gasteiger partial charge in [-0.3, -0.25) is 18.7 Å². The summed E-state index contributed by atoms with van der Waals surface area (Å²) in [6.45, 7) is 2.26. The van der Waals surface area contributed by atoms with Crippen LogP contribution in [0.25, 0.3) is 10.2 Å². The van der Waals surface area contributed by atoms with E-state index in [9.17, 15) is 14.4 Å². The smallest absolute Gasteiger partial charge is 0.332 e. The number of nitrogens with one attached hydrogen (secondary N) is 1. The van der Waals surface area contributed by atoms with Crippen molar-refractivity contribution in [3.8, 4) is 0 Å². The third-order valence-corrected chi connectivity index (χ3v) is 5.45. The summed E-state index contributed by atoms with van der Waals surface area (Å²) in [4.78, 5) is 37.5. The van der Waals surface area contributed by atoms with Crippen molar-refractivity contribution >= 4 is 27.5 Å². The van der Waals surface area contributed by atoms with Gasteiger partial charge < -0.3 is 5.32 Å². The Morgan fingerprint density at radius 2 is 2.00 bits per heavy atom. The third kappa shape index (κ3) is 3.31. The number of hydrogen-bond donors (Lipinski definition) is 1. The van der Waals surface area contributed by atoms with E-state index in [1.54, 1.807) is 11.4 Å². The molecule has 2 aromatic heterocycles. The predicted octanol–water partition coefficient (Wildman–Crippen LogP) is 2.08. The number of carbonyl (C=O) groups is 1. The van der Waals surface area contributed by atoms with E-state index in [0.717, 1.165) is 25.7 Å². The molecule has 0 bridgehead atoms. The first-order chi connectivity index (χ1) is 11.6. The molecule has 3 rings (SSSR count). The number of amides is 1. The molecule has 2 heterocycles. The number of hydrogen-bond acceptors (Lipinski definition) is 4. The van der Waals surface area contributed by atoms with Crippen LogP contribution < -0.4 is 16.6 Å². The number of carbonyl (C=O) groups excluding carboxylic acids is 1. The highest BCUT2D eigenvalue weighted by Gasteiger charge is 2.19. The number of thiophene rings is 1. The molecular formula is C17H23N3O3S. The monoisotopic (exact) mass is 349 g/mol. The maximum absolute atomic E-state index is 12.7. The van der Waals surface area contributed by atoms with Crippen LogP contribution in [0.2, 0.25) is 0 Å². The summed E-state index contributed by atoms with van der Waals surface area (Å²) in [5, 5.41) is 4.82. The molecule has 0 unspecified atom stereocenters. The van der Waals surface area contributed by atoms with Gasteiger partial charge in [-0.05, 0) is 30.7 Å². The molecule has 2 aromatic rings. The second kappa shape index (κ2) is 7.34. The zero-order valence-corrected chi connectivity index (χ0v) is 14.7. The normalized spacial score (nSPS) is 15.7. The Bertz CT molecular complexity index is 843. The quantitative estimate of drug-likeness (QED) is 0.898. The first-order valence-corrected chi connectivity index (χ1v) is 9.50. The first kappa shape index (κ1) is 17.0. The Morgan fingerprint density at radius 1 is 1.25 bits per heavy atom. The van der Waals surface area contributed by atoms with Crippen molar-refractivity contribution in [1.29, 1.82) is 0 Å². The number of aromatic nitrogens is 2. The van der Waals surface area contributed by atoms with E-state index < -0.39 is 5.69 Å². The largest absolute Gasteiger partial charge is 0.352 e. The van der Waals surface area contributed by atoms with Gasteiger partial charge in [-0.1, -0.05) is 26.2 Å². The van der Waals surface area contributed by atoms with Crippen molar-refractivity contribution in [1.82, 2.24) is 14.5 Å². The Balaban J connectivity index is 1.90. The molecule has 130 valence electrons. The van der Waals surface area contributed by atoms with Crippen molar-refractivity contribution in [3.05, 3.63) is 32.3 Å². The molecule has 0 saturated heterocycles. The van der Waals surface area contributed by atoms with Gasteiger partial charge >= 0.3 is 5.69 Å². The van der Waals surface area contributed by atoms with Gasteiger partial charge in [0.15, 0.2) is 0 Å². The molecule has 6 nitrogen and oxygen atoms in total. The summed E-state index contributed by atoms with van der Waals surface area (Å²) in [5.41, 5.74) is -0.0940. The maximum Gasteiger partial charge on any atom is 0.332 e. The van der Waals surface area contributed by atoms with Crippen LogP contribution in [0.3, 0.4) is 0 Å². The third-order valence-electron chi connectivity index (χ3n) is 4.56. The molecule has 24 heavy (non-hydrogen) atoms. The molecule has 0 atom stereocenters. The molecule has 7 heteroatoms. The van der Waals surface area contributed by atoms with Gasteiger partial charge in [0.1, 0.15) is 11.2 Å². The van der Waals surface area contributed by atoms with E-state index >= 15 is 0 Å². The standard InChI is InChI=1S/C17H23N3O3S/c1-2-9-19-16(22)15-13(8-10-24-15)20(17(19)23)11-14(21)18-12-6-4-3-5-7-12/h8,10,12H,2-7,9,11H2,1H3,(H,18,21). The van der Waals surface area contributed by atoms with Gasteiger partial charge in [0.25, 0.3) is 5.56 Å². The zero-order chi connectivity index (χ0) is 17.1. The second-order valence-corrected chi connectivity index (χ2v) is 7.28. The van der Waals surface area contributed by atoms with E-state index in [1.165, 1.54) is 26.9 Å². The highest BCUT2D eigenvalue weighted by molar-refractivity contribution is 7.17. The minimum Gasteiger partial charge on any atom is -0.352 e. The van der Waals surface area contributed by atoms with Gasteiger partial charge in [-0.25, -0.2) is 4.79 Å². The molecule has 0 radical (unpaired) electrons. The van der Waals surface area contributed by atoms with Crippen LogP contribution in [0.4, 0.5) is 0 Å². The summed E-state index contributed by atoms with van der Waals surface area (Å²) >= 11 is 1.31. The highest BCUT2D eigenvalue weighted by atomic mass is 32.1. The van der Waals surface area contributed by atoms with E-state index in [-0.39, 0.29) is 24.1 Å². The molecule has 1 N–H and O–H groups in total. The Morgan fingerprint density at radius 3 is 2.71 bits per heavy atom. The SMILES string of the molecule is CCCn1c(=O)c2sccc2n(CC(=O)NC2CCCCC2)c1=O. The van der Waals surface area contributed by atoms with Crippen LogP contribution in [0, 0.1) is 0 Å². The lowest BCUT2D eigenvalue weighted by Gasteiger charge is -2.23. The molecule has 1 amide bonds.